The summed E-state index contributed by atoms with van der Waals surface area (Å²) < 4.78 is 38.1. The molecule has 9 nitrogen and oxygen atoms in total. The number of aromatic nitrogens is 2. The van der Waals surface area contributed by atoms with Crippen molar-refractivity contribution in [3.05, 3.63) is 51.8 Å². The van der Waals surface area contributed by atoms with Gasteiger partial charge in [-0.3, -0.25) is 14.9 Å². The van der Waals surface area contributed by atoms with Crippen molar-refractivity contribution < 1.29 is 22.9 Å². The van der Waals surface area contributed by atoms with E-state index in [-0.39, 0.29) is 48.6 Å². The van der Waals surface area contributed by atoms with Gasteiger partial charge in [0, 0.05) is 26.1 Å². The minimum Gasteiger partial charge on any atom is -0.364 e. The van der Waals surface area contributed by atoms with E-state index in [9.17, 15) is 28.1 Å². The summed E-state index contributed by atoms with van der Waals surface area (Å²) in [6, 6.07) is 6.08. The number of halogens is 3. The number of carbonyl (C=O) groups is 1. The van der Waals surface area contributed by atoms with Crippen molar-refractivity contribution in [2.24, 2.45) is 0 Å². The molecular formula is C16H17F3N6O3. The van der Waals surface area contributed by atoms with E-state index in [1.54, 1.807) is 0 Å². The van der Waals surface area contributed by atoms with Crippen molar-refractivity contribution in [2.45, 2.75) is 19.6 Å². The first kappa shape index (κ1) is 20.9. The lowest BCUT2D eigenvalue weighted by Crippen LogP contribution is -2.26. The molecule has 0 radical (unpaired) electrons. The molecule has 0 atom stereocenters. The maximum Gasteiger partial charge on any atom is 0.433 e. The van der Waals surface area contributed by atoms with E-state index in [0.717, 1.165) is 6.07 Å². The van der Waals surface area contributed by atoms with Crippen LogP contribution in [0, 0.1) is 10.1 Å². The third kappa shape index (κ3) is 6.07. The smallest absolute Gasteiger partial charge is 0.364 e. The van der Waals surface area contributed by atoms with Crippen molar-refractivity contribution in [3.63, 3.8) is 0 Å². The molecule has 3 N–H and O–H groups in total. The summed E-state index contributed by atoms with van der Waals surface area (Å²) in [7, 11) is 0. The zero-order chi connectivity index (χ0) is 20.7. The quantitative estimate of drug-likeness (QED) is 0.355. The number of hydrogen-bond donors (Lipinski definition) is 3. The Bertz CT molecular complexity index is 860. The highest BCUT2D eigenvalue weighted by Crippen LogP contribution is 2.28. The Labute approximate surface area is 157 Å². The Kier molecular flexibility index (Phi) is 6.69. The number of nitro groups is 1. The first-order chi connectivity index (χ1) is 13.2. The Morgan fingerprint density at radius 2 is 1.89 bits per heavy atom. The van der Waals surface area contributed by atoms with Crippen LogP contribution in [0.5, 0.6) is 0 Å². The number of hydrogen-bond acceptors (Lipinski definition) is 7. The minimum absolute atomic E-state index is 0.0302. The van der Waals surface area contributed by atoms with E-state index in [4.69, 9.17) is 0 Å². The van der Waals surface area contributed by atoms with Crippen LogP contribution in [-0.4, -0.2) is 33.9 Å². The number of pyridine rings is 2. The number of rotatable bonds is 8. The molecular weight excluding hydrogens is 381 g/mol. The summed E-state index contributed by atoms with van der Waals surface area (Å²) >= 11 is 0. The number of alkyl halides is 3. The van der Waals surface area contributed by atoms with Crippen LogP contribution < -0.4 is 16.0 Å². The molecule has 150 valence electrons. The van der Waals surface area contributed by atoms with Crippen molar-refractivity contribution in [3.8, 4) is 0 Å². The van der Waals surface area contributed by atoms with Gasteiger partial charge in [-0.25, -0.2) is 9.97 Å². The Hall–Kier alpha value is -3.44. The monoisotopic (exact) mass is 398 g/mol. The number of amides is 1. The van der Waals surface area contributed by atoms with Gasteiger partial charge in [0.2, 0.25) is 11.7 Å². The van der Waals surface area contributed by atoms with E-state index >= 15 is 0 Å². The lowest BCUT2D eigenvalue weighted by molar-refractivity contribution is -0.384. The summed E-state index contributed by atoms with van der Waals surface area (Å²) in [5.41, 5.74) is -1.15. The maximum atomic E-state index is 12.7. The average Bonchev–Trinajstić information content (AvgIpc) is 2.63. The van der Waals surface area contributed by atoms with Gasteiger partial charge in [-0.2, -0.15) is 13.2 Å². The SMILES string of the molecule is CC(=O)NCCNc1nc(NCc2cccc(C(F)(F)F)n2)ccc1[N+](=O)[O-]. The van der Waals surface area contributed by atoms with Crippen LogP contribution >= 0.6 is 0 Å². The fraction of sp³-hybridized carbons (Fsp3) is 0.312. The van der Waals surface area contributed by atoms with Crippen LogP contribution in [0.1, 0.15) is 18.3 Å². The van der Waals surface area contributed by atoms with Gasteiger partial charge in [0.1, 0.15) is 11.5 Å². The second kappa shape index (κ2) is 8.97. The molecule has 0 bridgehead atoms. The van der Waals surface area contributed by atoms with Gasteiger partial charge in [-0.15, -0.1) is 0 Å². The summed E-state index contributed by atoms with van der Waals surface area (Å²) in [6.07, 6.45) is -4.55. The molecule has 0 aliphatic carbocycles. The largest absolute Gasteiger partial charge is 0.433 e. The van der Waals surface area contributed by atoms with Gasteiger partial charge in [-0.05, 0) is 18.2 Å². The third-order valence-corrected chi connectivity index (χ3v) is 3.41. The van der Waals surface area contributed by atoms with Crippen LogP contribution in [0.25, 0.3) is 0 Å². The number of nitrogens with zero attached hydrogens (tertiary/aromatic N) is 3. The summed E-state index contributed by atoms with van der Waals surface area (Å²) in [5, 5.41) is 19.2. The summed E-state index contributed by atoms with van der Waals surface area (Å²) in [6.45, 7) is 1.72. The normalized spacial score (nSPS) is 11.0. The van der Waals surface area contributed by atoms with E-state index in [1.165, 1.54) is 31.2 Å². The van der Waals surface area contributed by atoms with Crippen LogP contribution in [-0.2, 0) is 17.5 Å². The maximum absolute atomic E-state index is 12.7. The topological polar surface area (TPSA) is 122 Å². The molecule has 2 rings (SSSR count). The highest BCUT2D eigenvalue weighted by atomic mass is 19.4. The molecule has 12 heteroatoms. The molecule has 28 heavy (non-hydrogen) atoms. The van der Waals surface area contributed by atoms with E-state index in [2.05, 4.69) is 25.9 Å². The summed E-state index contributed by atoms with van der Waals surface area (Å²) in [4.78, 5) is 28.9. The third-order valence-electron chi connectivity index (χ3n) is 3.41. The van der Waals surface area contributed by atoms with Crippen molar-refractivity contribution in [1.29, 1.82) is 0 Å². The molecule has 0 spiro atoms. The second-order valence-corrected chi connectivity index (χ2v) is 5.60. The molecule has 0 saturated heterocycles. The molecule has 0 unspecified atom stereocenters. The molecule has 0 aliphatic heterocycles. The first-order valence-electron chi connectivity index (χ1n) is 8.07. The fourth-order valence-electron chi connectivity index (χ4n) is 2.16. The lowest BCUT2D eigenvalue weighted by atomic mass is 10.3. The standard InChI is InChI=1S/C16H17F3N6O3/c1-10(26)20-7-8-21-15-12(25(27)28)5-6-14(24-15)22-9-11-3-2-4-13(23-11)16(17,18)19/h2-6H,7-9H2,1H3,(H,20,26)(H2,21,22,24). The van der Waals surface area contributed by atoms with Crippen molar-refractivity contribution in [1.82, 2.24) is 15.3 Å². The molecule has 0 aromatic carbocycles. The molecule has 2 aromatic rings. The van der Waals surface area contributed by atoms with E-state index < -0.39 is 16.8 Å². The van der Waals surface area contributed by atoms with E-state index in [1.807, 2.05) is 0 Å². The molecule has 1 amide bonds. The van der Waals surface area contributed by atoms with Crippen molar-refractivity contribution >= 4 is 23.2 Å². The zero-order valence-corrected chi connectivity index (χ0v) is 14.7. The highest BCUT2D eigenvalue weighted by molar-refractivity contribution is 5.72. The Morgan fingerprint density at radius 3 is 2.54 bits per heavy atom. The van der Waals surface area contributed by atoms with E-state index in [0.29, 0.717) is 0 Å². The van der Waals surface area contributed by atoms with Gasteiger partial charge in [-0.1, -0.05) is 6.07 Å². The fourth-order valence-corrected chi connectivity index (χ4v) is 2.16. The first-order valence-corrected chi connectivity index (χ1v) is 8.07. The molecule has 0 aliphatic rings. The zero-order valence-electron chi connectivity index (χ0n) is 14.7. The lowest BCUT2D eigenvalue weighted by Gasteiger charge is -2.11. The van der Waals surface area contributed by atoms with Crippen LogP contribution in [0.2, 0.25) is 0 Å². The van der Waals surface area contributed by atoms with Gasteiger partial charge in [0.05, 0.1) is 17.2 Å². The Morgan fingerprint density at radius 1 is 1.14 bits per heavy atom. The number of carbonyl (C=O) groups excluding carboxylic acids is 1. The van der Waals surface area contributed by atoms with Gasteiger partial charge < -0.3 is 16.0 Å². The Balaban J connectivity index is 2.08. The predicted molar refractivity (Wildman–Crippen MR) is 94.6 cm³/mol. The average molecular weight is 398 g/mol. The minimum atomic E-state index is -4.55. The number of anilines is 2. The van der Waals surface area contributed by atoms with Crippen LogP contribution in [0.15, 0.2) is 30.3 Å². The van der Waals surface area contributed by atoms with Gasteiger partial charge in [0.15, 0.2) is 0 Å². The summed E-state index contributed by atoms with van der Waals surface area (Å²) in [5.74, 6) is -0.0579. The van der Waals surface area contributed by atoms with Gasteiger partial charge >= 0.3 is 11.9 Å². The second-order valence-electron chi connectivity index (χ2n) is 5.60. The van der Waals surface area contributed by atoms with Crippen molar-refractivity contribution in [2.75, 3.05) is 23.7 Å². The molecule has 0 fully saturated rings. The molecule has 2 heterocycles. The van der Waals surface area contributed by atoms with Crippen LogP contribution in [0.3, 0.4) is 0 Å². The highest BCUT2D eigenvalue weighted by Gasteiger charge is 2.32. The predicted octanol–water partition coefficient (Wildman–Crippen LogP) is 2.56. The number of nitrogens with one attached hydrogen (secondary N) is 3. The molecule has 0 saturated carbocycles. The van der Waals surface area contributed by atoms with Gasteiger partial charge in [0.25, 0.3) is 0 Å². The molecule has 2 aromatic heterocycles. The van der Waals surface area contributed by atoms with Crippen LogP contribution in [0.4, 0.5) is 30.5 Å².